The Bertz CT molecular complexity index is 647. The first-order valence-electron chi connectivity index (χ1n) is 7.81. The first kappa shape index (κ1) is 17.5. The summed E-state index contributed by atoms with van der Waals surface area (Å²) in [6.45, 7) is 0.484. The fourth-order valence-corrected chi connectivity index (χ4v) is 2.33. The molecule has 0 fully saturated rings. The van der Waals surface area contributed by atoms with Crippen LogP contribution in [-0.4, -0.2) is 24.5 Å². The molecule has 1 atom stereocenters. The summed E-state index contributed by atoms with van der Waals surface area (Å²) in [7, 11) is 0. The highest BCUT2D eigenvalue weighted by Gasteiger charge is 2.20. The highest BCUT2D eigenvalue weighted by molar-refractivity contribution is 5.86. The van der Waals surface area contributed by atoms with Crippen LogP contribution in [0.2, 0.25) is 0 Å². The van der Waals surface area contributed by atoms with Gasteiger partial charge in [0.05, 0.1) is 0 Å². The summed E-state index contributed by atoms with van der Waals surface area (Å²) in [6.07, 6.45) is 1.09. The summed E-state index contributed by atoms with van der Waals surface area (Å²) < 4.78 is 0. The topological polar surface area (TPSA) is 96.2 Å². The molecule has 0 aliphatic rings. The molecule has 0 saturated carbocycles. The number of urea groups is 1. The molecule has 2 aromatic rings. The third kappa shape index (κ3) is 5.73. The minimum atomic E-state index is -0.728. The van der Waals surface area contributed by atoms with E-state index < -0.39 is 18.0 Å². The lowest BCUT2D eigenvalue weighted by molar-refractivity contribution is -0.122. The van der Waals surface area contributed by atoms with E-state index >= 15 is 0 Å². The molecule has 0 aliphatic carbocycles. The number of hydrazine groups is 1. The van der Waals surface area contributed by atoms with Gasteiger partial charge in [0.25, 0.3) is 5.91 Å². The zero-order valence-corrected chi connectivity index (χ0v) is 13.4. The maximum absolute atomic E-state index is 12.0. The van der Waals surface area contributed by atoms with Gasteiger partial charge in [-0.05, 0) is 17.5 Å². The molecule has 0 spiro atoms. The van der Waals surface area contributed by atoms with Crippen molar-refractivity contribution in [1.29, 1.82) is 0 Å². The summed E-state index contributed by atoms with van der Waals surface area (Å²) in [5, 5.41) is 5.42. The average molecular weight is 326 g/mol. The van der Waals surface area contributed by atoms with E-state index in [0.29, 0.717) is 13.0 Å². The predicted octanol–water partition coefficient (Wildman–Crippen LogP) is 1.13. The van der Waals surface area contributed by atoms with Crippen LogP contribution in [0.4, 0.5) is 4.79 Å². The molecule has 0 aliphatic heterocycles. The van der Waals surface area contributed by atoms with Gasteiger partial charge in [0.2, 0.25) is 0 Å². The molecule has 6 heteroatoms. The monoisotopic (exact) mass is 326 g/mol. The van der Waals surface area contributed by atoms with Crippen LogP contribution in [0.5, 0.6) is 0 Å². The van der Waals surface area contributed by atoms with Crippen LogP contribution in [0.25, 0.3) is 0 Å². The molecule has 3 amide bonds. The number of hydrogen-bond donors (Lipinski definition) is 4. The molecule has 5 N–H and O–H groups in total. The van der Waals surface area contributed by atoms with Crippen molar-refractivity contribution in [3.05, 3.63) is 71.8 Å². The van der Waals surface area contributed by atoms with Gasteiger partial charge in [0, 0.05) is 13.0 Å². The third-order valence-electron chi connectivity index (χ3n) is 3.59. The lowest BCUT2D eigenvalue weighted by Crippen LogP contribution is -2.52. The number of amides is 3. The number of benzene rings is 2. The minimum Gasteiger partial charge on any atom is -0.338 e. The number of hydrogen-bond acceptors (Lipinski definition) is 3. The van der Waals surface area contributed by atoms with Gasteiger partial charge in [-0.3, -0.25) is 10.2 Å². The van der Waals surface area contributed by atoms with E-state index in [9.17, 15) is 9.59 Å². The number of carbonyl (C=O) groups excluding carboxylic acids is 2. The van der Waals surface area contributed by atoms with Crippen LogP contribution in [0.15, 0.2) is 60.7 Å². The van der Waals surface area contributed by atoms with Crippen molar-refractivity contribution >= 4 is 11.9 Å². The zero-order chi connectivity index (χ0) is 17.2. The Hall–Kier alpha value is -2.86. The van der Waals surface area contributed by atoms with E-state index in [1.54, 1.807) is 0 Å². The average Bonchev–Trinajstić information content (AvgIpc) is 2.62. The lowest BCUT2D eigenvalue weighted by atomic mass is 10.1. The first-order valence-corrected chi connectivity index (χ1v) is 7.81. The van der Waals surface area contributed by atoms with E-state index in [1.165, 1.54) is 0 Å². The second kappa shape index (κ2) is 9.32. The van der Waals surface area contributed by atoms with E-state index in [-0.39, 0.29) is 0 Å². The van der Waals surface area contributed by atoms with Crippen LogP contribution in [-0.2, 0) is 17.6 Å². The van der Waals surface area contributed by atoms with Crippen LogP contribution in [0, 0.1) is 0 Å². The molecule has 0 heterocycles. The summed E-state index contributed by atoms with van der Waals surface area (Å²) in [6, 6.07) is 18.2. The lowest BCUT2D eigenvalue weighted by Gasteiger charge is -2.17. The van der Waals surface area contributed by atoms with Crippen molar-refractivity contribution in [2.45, 2.75) is 18.9 Å². The van der Waals surface area contributed by atoms with Gasteiger partial charge >= 0.3 is 6.03 Å². The van der Waals surface area contributed by atoms with Gasteiger partial charge in [-0.1, -0.05) is 60.7 Å². The highest BCUT2D eigenvalue weighted by atomic mass is 16.2. The fraction of sp³-hybridized carbons (Fsp3) is 0.222. The van der Waals surface area contributed by atoms with Crippen LogP contribution < -0.4 is 21.9 Å². The summed E-state index contributed by atoms with van der Waals surface area (Å²) in [4.78, 5) is 23.9. The van der Waals surface area contributed by atoms with Crippen LogP contribution in [0.3, 0.4) is 0 Å². The van der Waals surface area contributed by atoms with Crippen LogP contribution >= 0.6 is 0 Å². The Morgan fingerprint density at radius 2 is 1.50 bits per heavy atom. The molecule has 0 radical (unpaired) electrons. The molecule has 2 aromatic carbocycles. The summed E-state index contributed by atoms with van der Waals surface area (Å²) in [5.74, 6) is 4.77. The highest BCUT2D eigenvalue weighted by Crippen LogP contribution is 2.03. The Kier molecular flexibility index (Phi) is 6.79. The molecule has 0 bridgehead atoms. The molecular weight excluding hydrogens is 304 g/mol. The van der Waals surface area contributed by atoms with Gasteiger partial charge in [-0.15, -0.1) is 0 Å². The number of nitrogens with one attached hydrogen (secondary N) is 3. The molecule has 126 valence electrons. The predicted molar refractivity (Wildman–Crippen MR) is 92.9 cm³/mol. The van der Waals surface area contributed by atoms with Crippen molar-refractivity contribution in [1.82, 2.24) is 16.1 Å². The molecular formula is C18H22N4O2. The second-order valence-electron chi connectivity index (χ2n) is 5.39. The van der Waals surface area contributed by atoms with Crippen molar-refractivity contribution < 1.29 is 9.59 Å². The maximum Gasteiger partial charge on any atom is 0.315 e. The smallest absolute Gasteiger partial charge is 0.315 e. The number of rotatable bonds is 7. The maximum atomic E-state index is 12.0. The Morgan fingerprint density at radius 3 is 2.08 bits per heavy atom. The quantitative estimate of drug-likeness (QED) is 0.349. The zero-order valence-electron chi connectivity index (χ0n) is 13.4. The van der Waals surface area contributed by atoms with E-state index in [2.05, 4.69) is 16.1 Å². The van der Waals surface area contributed by atoms with E-state index in [1.807, 2.05) is 60.7 Å². The normalized spacial score (nSPS) is 11.4. The molecule has 2 rings (SSSR count). The number of nitrogens with two attached hydrogens (primary N) is 1. The molecule has 6 nitrogen and oxygen atoms in total. The first-order chi connectivity index (χ1) is 11.7. The van der Waals surface area contributed by atoms with Gasteiger partial charge < -0.3 is 10.6 Å². The fourth-order valence-electron chi connectivity index (χ4n) is 2.33. The second-order valence-corrected chi connectivity index (χ2v) is 5.39. The van der Waals surface area contributed by atoms with Crippen LogP contribution in [0.1, 0.15) is 11.1 Å². The summed E-state index contributed by atoms with van der Waals surface area (Å²) >= 11 is 0. The van der Waals surface area contributed by atoms with Crippen molar-refractivity contribution in [2.24, 2.45) is 5.84 Å². The van der Waals surface area contributed by atoms with E-state index in [4.69, 9.17) is 5.84 Å². The third-order valence-corrected chi connectivity index (χ3v) is 3.59. The van der Waals surface area contributed by atoms with Crippen molar-refractivity contribution in [2.75, 3.05) is 6.54 Å². The van der Waals surface area contributed by atoms with Gasteiger partial charge in [-0.25, -0.2) is 10.6 Å². The van der Waals surface area contributed by atoms with Crippen molar-refractivity contribution in [3.8, 4) is 0 Å². The molecule has 24 heavy (non-hydrogen) atoms. The van der Waals surface area contributed by atoms with Gasteiger partial charge in [0.15, 0.2) is 0 Å². The van der Waals surface area contributed by atoms with Crippen molar-refractivity contribution in [3.63, 3.8) is 0 Å². The standard InChI is InChI=1S/C18H22N4O2/c19-22-17(23)16(13-15-9-5-2-6-10-15)21-18(24)20-12-11-14-7-3-1-4-8-14/h1-10,16H,11-13,19H2,(H,22,23)(H2,20,21,24)/t16-/m0/s1. The molecule has 0 saturated heterocycles. The summed E-state index contributed by atoms with van der Waals surface area (Å²) in [5.41, 5.74) is 4.17. The number of carbonyl (C=O) groups is 2. The Balaban J connectivity index is 1.84. The molecule has 0 unspecified atom stereocenters. The Morgan fingerprint density at radius 1 is 0.917 bits per heavy atom. The Labute approximate surface area is 141 Å². The van der Waals surface area contributed by atoms with Gasteiger partial charge in [-0.2, -0.15) is 0 Å². The SMILES string of the molecule is NNC(=O)[C@H](Cc1ccccc1)NC(=O)NCCc1ccccc1. The van der Waals surface area contributed by atoms with Gasteiger partial charge in [0.1, 0.15) is 6.04 Å². The largest absolute Gasteiger partial charge is 0.338 e. The molecule has 0 aromatic heterocycles. The van der Waals surface area contributed by atoms with E-state index in [0.717, 1.165) is 17.5 Å². The minimum absolute atomic E-state index is 0.371.